The maximum absolute atomic E-state index is 12.9. The SMILES string of the molecule is Cc1c(CC(=O)O)c2ccccc2n1C(=O)c1cccc(C(F)(F)F)c1. The molecule has 2 aromatic carbocycles. The van der Waals surface area contributed by atoms with E-state index in [-0.39, 0.29) is 12.0 Å². The molecular formula is C19H14F3NO3. The molecule has 1 N–H and O–H groups in total. The number of aliphatic carboxylic acids is 1. The summed E-state index contributed by atoms with van der Waals surface area (Å²) in [5.74, 6) is -1.69. The maximum Gasteiger partial charge on any atom is 0.416 e. The highest BCUT2D eigenvalue weighted by Crippen LogP contribution is 2.31. The number of aromatic nitrogens is 1. The van der Waals surface area contributed by atoms with Crippen molar-refractivity contribution in [3.8, 4) is 0 Å². The molecule has 0 saturated heterocycles. The minimum atomic E-state index is -4.56. The first kappa shape index (κ1) is 17.7. The van der Waals surface area contributed by atoms with Gasteiger partial charge in [-0.3, -0.25) is 14.2 Å². The molecule has 0 radical (unpaired) electrons. The third-order valence-electron chi connectivity index (χ3n) is 4.21. The van der Waals surface area contributed by atoms with Crippen LogP contribution < -0.4 is 0 Å². The predicted octanol–water partition coefficient (Wildman–Crippen LogP) is 4.28. The van der Waals surface area contributed by atoms with Crippen LogP contribution in [0.3, 0.4) is 0 Å². The standard InChI is InChI=1S/C19H14F3NO3/c1-11-15(10-17(24)25)14-7-2-3-8-16(14)23(11)18(26)12-5-4-6-13(9-12)19(20,21)22/h2-9H,10H2,1H3,(H,24,25). The second-order valence-corrected chi connectivity index (χ2v) is 5.87. The quantitative estimate of drug-likeness (QED) is 0.757. The first-order chi connectivity index (χ1) is 12.2. The molecule has 26 heavy (non-hydrogen) atoms. The summed E-state index contributed by atoms with van der Waals surface area (Å²) in [7, 11) is 0. The Kier molecular flexibility index (Phi) is 4.31. The number of rotatable bonds is 3. The zero-order valence-corrected chi connectivity index (χ0v) is 13.7. The number of hydrogen-bond acceptors (Lipinski definition) is 2. The second-order valence-electron chi connectivity index (χ2n) is 5.87. The molecular weight excluding hydrogens is 347 g/mol. The topological polar surface area (TPSA) is 59.3 Å². The van der Waals surface area contributed by atoms with Crippen molar-refractivity contribution in [1.82, 2.24) is 4.57 Å². The Hall–Kier alpha value is -3.09. The molecule has 1 aromatic heterocycles. The van der Waals surface area contributed by atoms with Crippen molar-refractivity contribution in [2.45, 2.75) is 19.5 Å². The van der Waals surface area contributed by atoms with Crippen molar-refractivity contribution in [3.05, 3.63) is 70.9 Å². The van der Waals surface area contributed by atoms with E-state index < -0.39 is 23.6 Å². The van der Waals surface area contributed by atoms with E-state index in [2.05, 4.69) is 0 Å². The first-order valence-corrected chi connectivity index (χ1v) is 7.73. The lowest BCUT2D eigenvalue weighted by molar-refractivity contribution is -0.138. The normalized spacial score (nSPS) is 11.7. The zero-order valence-electron chi connectivity index (χ0n) is 13.7. The molecule has 0 bridgehead atoms. The molecule has 0 fully saturated rings. The van der Waals surface area contributed by atoms with Gasteiger partial charge in [0.1, 0.15) is 0 Å². The van der Waals surface area contributed by atoms with Gasteiger partial charge >= 0.3 is 12.1 Å². The van der Waals surface area contributed by atoms with E-state index in [1.807, 2.05) is 0 Å². The summed E-state index contributed by atoms with van der Waals surface area (Å²) in [6.45, 7) is 1.59. The number of carbonyl (C=O) groups is 2. The molecule has 0 aliphatic rings. The van der Waals surface area contributed by atoms with Crippen molar-refractivity contribution in [3.63, 3.8) is 0 Å². The number of para-hydroxylation sites is 1. The number of benzene rings is 2. The van der Waals surface area contributed by atoms with E-state index in [1.165, 1.54) is 16.7 Å². The second kappa shape index (κ2) is 6.33. The van der Waals surface area contributed by atoms with Gasteiger partial charge in [0, 0.05) is 16.6 Å². The summed E-state index contributed by atoms with van der Waals surface area (Å²) >= 11 is 0. The molecule has 0 unspecified atom stereocenters. The smallest absolute Gasteiger partial charge is 0.416 e. The maximum atomic E-state index is 12.9. The van der Waals surface area contributed by atoms with E-state index in [0.717, 1.165) is 12.1 Å². The average molecular weight is 361 g/mol. The third-order valence-corrected chi connectivity index (χ3v) is 4.21. The Labute approximate surface area is 146 Å². The molecule has 1 heterocycles. The van der Waals surface area contributed by atoms with Gasteiger partial charge < -0.3 is 5.11 Å². The summed E-state index contributed by atoms with van der Waals surface area (Å²) in [4.78, 5) is 24.1. The molecule has 0 aliphatic heterocycles. The first-order valence-electron chi connectivity index (χ1n) is 7.73. The number of carbonyl (C=O) groups excluding carboxylic acids is 1. The molecule has 7 heteroatoms. The summed E-state index contributed by atoms with van der Waals surface area (Å²) < 4.78 is 40.1. The molecule has 0 amide bonds. The monoisotopic (exact) mass is 361 g/mol. The van der Waals surface area contributed by atoms with Gasteiger partial charge in [-0.15, -0.1) is 0 Å². The Morgan fingerprint density at radius 3 is 2.42 bits per heavy atom. The van der Waals surface area contributed by atoms with Crippen LogP contribution in [0.15, 0.2) is 48.5 Å². The van der Waals surface area contributed by atoms with Crippen molar-refractivity contribution >= 4 is 22.8 Å². The number of nitrogens with zero attached hydrogens (tertiary/aromatic N) is 1. The number of carboxylic acids is 1. The van der Waals surface area contributed by atoms with Gasteiger partial charge in [0.05, 0.1) is 17.5 Å². The van der Waals surface area contributed by atoms with Crippen molar-refractivity contribution < 1.29 is 27.9 Å². The molecule has 3 aromatic rings. The van der Waals surface area contributed by atoms with E-state index >= 15 is 0 Å². The minimum absolute atomic E-state index is 0.120. The van der Waals surface area contributed by atoms with Crippen molar-refractivity contribution in [2.24, 2.45) is 0 Å². The van der Waals surface area contributed by atoms with Gasteiger partial charge in [0.25, 0.3) is 5.91 Å². The molecule has 4 nitrogen and oxygen atoms in total. The van der Waals surface area contributed by atoms with E-state index in [9.17, 15) is 22.8 Å². The predicted molar refractivity (Wildman–Crippen MR) is 89.2 cm³/mol. The lowest BCUT2D eigenvalue weighted by Gasteiger charge is -2.10. The fraction of sp³-hybridized carbons (Fsp3) is 0.158. The molecule has 3 rings (SSSR count). The summed E-state index contributed by atoms with van der Waals surface area (Å²) in [5.41, 5.74) is 0.293. The van der Waals surface area contributed by atoms with E-state index in [4.69, 9.17) is 5.11 Å². The fourth-order valence-electron chi connectivity index (χ4n) is 3.03. The lowest BCUT2D eigenvalue weighted by Crippen LogP contribution is -2.15. The van der Waals surface area contributed by atoms with Gasteiger partial charge in [-0.2, -0.15) is 13.2 Å². The molecule has 0 aliphatic carbocycles. The molecule has 0 spiro atoms. The van der Waals surface area contributed by atoms with Crippen molar-refractivity contribution in [2.75, 3.05) is 0 Å². The highest BCUT2D eigenvalue weighted by Gasteiger charge is 2.31. The fourth-order valence-corrected chi connectivity index (χ4v) is 3.03. The van der Waals surface area contributed by atoms with Crippen LogP contribution in [0.25, 0.3) is 10.9 Å². The van der Waals surface area contributed by atoms with Gasteiger partial charge in [0.2, 0.25) is 0 Å². The Morgan fingerprint density at radius 2 is 1.77 bits per heavy atom. The largest absolute Gasteiger partial charge is 0.481 e. The van der Waals surface area contributed by atoms with Crippen LogP contribution in [-0.4, -0.2) is 21.6 Å². The number of alkyl halides is 3. The highest BCUT2D eigenvalue weighted by atomic mass is 19.4. The molecule has 0 saturated carbocycles. The minimum Gasteiger partial charge on any atom is -0.481 e. The number of halogens is 3. The van der Waals surface area contributed by atoms with E-state index in [0.29, 0.717) is 22.2 Å². The van der Waals surface area contributed by atoms with E-state index in [1.54, 1.807) is 31.2 Å². The summed E-state index contributed by atoms with van der Waals surface area (Å²) in [6.07, 6.45) is -4.84. The molecule has 134 valence electrons. The highest BCUT2D eigenvalue weighted by molar-refractivity contribution is 6.04. The van der Waals surface area contributed by atoms with Crippen LogP contribution in [0.5, 0.6) is 0 Å². The van der Waals surface area contributed by atoms with Crippen LogP contribution >= 0.6 is 0 Å². The Bertz CT molecular complexity index is 1020. The summed E-state index contributed by atoms with van der Waals surface area (Å²) in [5, 5.41) is 9.71. The van der Waals surface area contributed by atoms with Crippen LogP contribution in [0.1, 0.15) is 27.2 Å². The molecule has 0 atom stereocenters. The lowest BCUT2D eigenvalue weighted by atomic mass is 10.1. The van der Waals surface area contributed by atoms with Crippen LogP contribution in [-0.2, 0) is 17.4 Å². The van der Waals surface area contributed by atoms with Crippen LogP contribution in [0, 0.1) is 6.92 Å². The Balaban J connectivity index is 2.18. The van der Waals surface area contributed by atoms with Crippen LogP contribution in [0.2, 0.25) is 0 Å². The number of fused-ring (bicyclic) bond motifs is 1. The van der Waals surface area contributed by atoms with Gasteiger partial charge in [-0.25, -0.2) is 0 Å². The van der Waals surface area contributed by atoms with Gasteiger partial charge in [-0.1, -0.05) is 24.3 Å². The zero-order chi connectivity index (χ0) is 19.1. The summed E-state index contributed by atoms with van der Waals surface area (Å²) in [6, 6.07) is 10.9. The third kappa shape index (κ3) is 3.08. The number of carboxylic acid groups (broad SMARTS) is 1. The van der Waals surface area contributed by atoms with Gasteiger partial charge in [0.15, 0.2) is 0 Å². The van der Waals surface area contributed by atoms with Crippen molar-refractivity contribution in [1.29, 1.82) is 0 Å². The number of hydrogen-bond donors (Lipinski definition) is 1. The average Bonchev–Trinajstić information content (AvgIpc) is 2.85. The van der Waals surface area contributed by atoms with Crippen LogP contribution in [0.4, 0.5) is 13.2 Å². The van der Waals surface area contributed by atoms with Gasteiger partial charge in [-0.05, 0) is 36.8 Å². The Morgan fingerprint density at radius 1 is 1.08 bits per heavy atom.